The third kappa shape index (κ3) is 3.28. The average Bonchev–Trinajstić information content (AvgIpc) is 2.74. The smallest absolute Gasteiger partial charge is 0.242 e. The molecule has 6 heteroatoms. The van der Waals surface area contributed by atoms with Crippen LogP contribution < -0.4 is 10.5 Å². The van der Waals surface area contributed by atoms with Crippen LogP contribution in [0.5, 0.6) is 0 Å². The molecule has 1 aromatic rings. The highest BCUT2D eigenvalue weighted by Gasteiger charge is 2.34. The third-order valence-corrected chi connectivity index (χ3v) is 5.73. The van der Waals surface area contributed by atoms with Crippen LogP contribution in [0, 0.1) is 0 Å². The number of rotatable bonds is 4. The first-order valence-corrected chi connectivity index (χ1v) is 8.25. The number of sulfonamides is 1. The minimum atomic E-state index is -3.58. The van der Waals surface area contributed by atoms with Gasteiger partial charge >= 0.3 is 0 Å². The molecule has 1 aliphatic rings. The SMILES string of the molecule is CC1(NS(=O)(=O)c2ccc(CN)cc2Cl)CCCC1. The predicted octanol–water partition coefficient (Wildman–Crippen LogP) is 2.41. The summed E-state index contributed by atoms with van der Waals surface area (Å²) in [4.78, 5) is 0.125. The molecule has 2 rings (SSSR count). The van der Waals surface area contributed by atoms with Crippen molar-refractivity contribution < 1.29 is 8.42 Å². The molecule has 1 saturated carbocycles. The molecular weight excluding hydrogens is 284 g/mol. The van der Waals surface area contributed by atoms with Gasteiger partial charge in [-0.25, -0.2) is 13.1 Å². The minimum absolute atomic E-state index is 0.125. The van der Waals surface area contributed by atoms with Crippen molar-refractivity contribution in [2.45, 2.75) is 49.6 Å². The van der Waals surface area contributed by atoms with Crippen molar-refractivity contribution in [3.8, 4) is 0 Å². The molecule has 0 amide bonds. The lowest BCUT2D eigenvalue weighted by Crippen LogP contribution is -2.43. The van der Waals surface area contributed by atoms with Gasteiger partial charge in [-0.2, -0.15) is 0 Å². The largest absolute Gasteiger partial charge is 0.326 e. The number of hydrogen-bond acceptors (Lipinski definition) is 3. The predicted molar refractivity (Wildman–Crippen MR) is 76.5 cm³/mol. The lowest BCUT2D eigenvalue weighted by Gasteiger charge is -2.25. The van der Waals surface area contributed by atoms with Crippen LogP contribution in [-0.2, 0) is 16.6 Å². The first kappa shape index (κ1) is 14.8. The fraction of sp³-hybridized carbons (Fsp3) is 0.538. The van der Waals surface area contributed by atoms with Gasteiger partial charge < -0.3 is 5.73 Å². The summed E-state index contributed by atoms with van der Waals surface area (Å²) in [5.74, 6) is 0. The highest BCUT2D eigenvalue weighted by Crippen LogP contribution is 2.32. The Morgan fingerprint density at radius 3 is 2.53 bits per heavy atom. The molecule has 0 unspecified atom stereocenters. The number of nitrogens with two attached hydrogens (primary N) is 1. The number of benzene rings is 1. The van der Waals surface area contributed by atoms with Crippen molar-refractivity contribution in [1.29, 1.82) is 0 Å². The van der Waals surface area contributed by atoms with Gasteiger partial charge in [-0.05, 0) is 37.5 Å². The topological polar surface area (TPSA) is 72.2 Å². The van der Waals surface area contributed by atoms with E-state index in [9.17, 15) is 8.42 Å². The van der Waals surface area contributed by atoms with Crippen molar-refractivity contribution in [1.82, 2.24) is 4.72 Å². The van der Waals surface area contributed by atoms with E-state index in [4.69, 9.17) is 17.3 Å². The normalized spacial score (nSPS) is 18.7. The second-order valence-electron chi connectivity index (χ2n) is 5.34. The van der Waals surface area contributed by atoms with E-state index in [-0.39, 0.29) is 15.5 Å². The van der Waals surface area contributed by atoms with Crippen LogP contribution in [0.1, 0.15) is 38.2 Å². The van der Waals surface area contributed by atoms with Crippen LogP contribution in [-0.4, -0.2) is 14.0 Å². The quantitative estimate of drug-likeness (QED) is 0.897. The van der Waals surface area contributed by atoms with E-state index >= 15 is 0 Å². The summed E-state index contributed by atoms with van der Waals surface area (Å²) in [7, 11) is -3.58. The second-order valence-corrected chi connectivity index (χ2v) is 7.40. The zero-order chi connectivity index (χ0) is 14.1. The summed E-state index contributed by atoms with van der Waals surface area (Å²) >= 11 is 6.05. The highest BCUT2D eigenvalue weighted by atomic mass is 35.5. The minimum Gasteiger partial charge on any atom is -0.326 e. The van der Waals surface area contributed by atoms with Crippen LogP contribution in [0.4, 0.5) is 0 Å². The standard InChI is InChI=1S/C13H19ClN2O2S/c1-13(6-2-3-7-13)16-19(17,18)12-5-4-10(9-15)8-11(12)14/h4-5,8,16H,2-3,6-7,9,15H2,1H3. The van der Waals surface area contributed by atoms with E-state index in [0.29, 0.717) is 6.54 Å². The first-order chi connectivity index (χ1) is 8.86. The van der Waals surface area contributed by atoms with Crippen LogP contribution in [0.25, 0.3) is 0 Å². The van der Waals surface area contributed by atoms with Gasteiger partial charge in [0, 0.05) is 12.1 Å². The molecule has 0 aliphatic heterocycles. The van der Waals surface area contributed by atoms with Gasteiger partial charge in [0.25, 0.3) is 0 Å². The molecule has 0 saturated heterocycles. The maximum atomic E-state index is 12.4. The fourth-order valence-corrected chi connectivity index (χ4v) is 4.56. The molecule has 0 radical (unpaired) electrons. The lowest BCUT2D eigenvalue weighted by molar-refractivity contribution is 0.427. The summed E-state index contributed by atoms with van der Waals surface area (Å²) in [5, 5.41) is 0.219. The molecule has 1 aliphatic carbocycles. The Kier molecular flexibility index (Phi) is 4.20. The van der Waals surface area contributed by atoms with Gasteiger partial charge in [0.05, 0.1) is 5.02 Å². The Bertz CT molecular complexity index is 566. The molecule has 0 heterocycles. The summed E-state index contributed by atoms with van der Waals surface area (Å²) in [6.07, 6.45) is 3.84. The molecule has 19 heavy (non-hydrogen) atoms. The van der Waals surface area contributed by atoms with E-state index in [0.717, 1.165) is 31.2 Å². The molecule has 0 bridgehead atoms. The van der Waals surface area contributed by atoms with E-state index in [1.54, 1.807) is 12.1 Å². The Morgan fingerprint density at radius 2 is 2.00 bits per heavy atom. The molecule has 3 N–H and O–H groups in total. The van der Waals surface area contributed by atoms with E-state index in [2.05, 4.69) is 4.72 Å². The second kappa shape index (κ2) is 5.40. The maximum absolute atomic E-state index is 12.4. The first-order valence-electron chi connectivity index (χ1n) is 6.39. The van der Waals surface area contributed by atoms with E-state index in [1.165, 1.54) is 6.07 Å². The van der Waals surface area contributed by atoms with Crippen LogP contribution >= 0.6 is 11.6 Å². The molecule has 0 aromatic heterocycles. The van der Waals surface area contributed by atoms with Crippen LogP contribution in [0.3, 0.4) is 0 Å². The van der Waals surface area contributed by atoms with Crippen molar-refractivity contribution in [2.75, 3.05) is 0 Å². The van der Waals surface area contributed by atoms with Crippen LogP contribution in [0.2, 0.25) is 5.02 Å². The Balaban J connectivity index is 2.29. The Labute approximate surface area is 119 Å². The molecule has 0 atom stereocenters. The van der Waals surface area contributed by atoms with Crippen molar-refractivity contribution in [3.05, 3.63) is 28.8 Å². The van der Waals surface area contributed by atoms with Gasteiger partial charge in [-0.15, -0.1) is 0 Å². The molecule has 1 fully saturated rings. The Morgan fingerprint density at radius 1 is 1.37 bits per heavy atom. The zero-order valence-electron chi connectivity index (χ0n) is 10.9. The third-order valence-electron chi connectivity index (χ3n) is 3.61. The molecular formula is C13H19ClN2O2S. The van der Waals surface area contributed by atoms with Gasteiger partial charge in [0.1, 0.15) is 4.90 Å². The lowest BCUT2D eigenvalue weighted by atomic mass is 10.0. The van der Waals surface area contributed by atoms with E-state index < -0.39 is 10.0 Å². The Hall–Kier alpha value is -0.620. The van der Waals surface area contributed by atoms with Gasteiger partial charge in [-0.1, -0.05) is 30.5 Å². The van der Waals surface area contributed by atoms with Crippen molar-refractivity contribution in [2.24, 2.45) is 5.73 Å². The molecule has 4 nitrogen and oxygen atoms in total. The van der Waals surface area contributed by atoms with Gasteiger partial charge in [-0.3, -0.25) is 0 Å². The maximum Gasteiger partial charge on any atom is 0.242 e. The monoisotopic (exact) mass is 302 g/mol. The molecule has 0 spiro atoms. The van der Waals surface area contributed by atoms with Crippen molar-refractivity contribution >= 4 is 21.6 Å². The van der Waals surface area contributed by atoms with Gasteiger partial charge in [0.2, 0.25) is 10.0 Å². The van der Waals surface area contributed by atoms with Crippen molar-refractivity contribution in [3.63, 3.8) is 0 Å². The fourth-order valence-electron chi connectivity index (χ4n) is 2.53. The zero-order valence-corrected chi connectivity index (χ0v) is 12.5. The summed E-state index contributed by atoms with van der Waals surface area (Å²) in [6.45, 7) is 2.28. The summed E-state index contributed by atoms with van der Waals surface area (Å²) in [5.41, 5.74) is 5.97. The number of hydrogen-bond donors (Lipinski definition) is 2. The van der Waals surface area contributed by atoms with Gasteiger partial charge in [0.15, 0.2) is 0 Å². The highest BCUT2D eigenvalue weighted by molar-refractivity contribution is 7.89. The number of halogens is 1. The summed E-state index contributed by atoms with van der Waals surface area (Å²) in [6, 6.07) is 4.82. The molecule has 106 valence electrons. The molecule has 1 aromatic carbocycles. The average molecular weight is 303 g/mol. The van der Waals surface area contributed by atoms with Crippen LogP contribution in [0.15, 0.2) is 23.1 Å². The van der Waals surface area contributed by atoms with E-state index in [1.807, 2.05) is 6.92 Å². The number of nitrogens with one attached hydrogen (secondary N) is 1. The summed E-state index contributed by atoms with van der Waals surface area (Å²) < 4.78 is 27.6.